The van der Waals surface area contributed by atoms with Crippen LogP contribution in [0.2, 0.25) is 0 Å². The lowest BCUT2D eigenvalue weighted by Gasteiger charge is -2.32. The van der Waals surface area contributed by atoms with E-state index in [1.807, 2.05) is 56.6 Å². The lowest BCUT2D eigenvalue weighted by atomic mass is 9.88. The van der Waals surface area contributed by atoms with Crippen molar-refractivity contribution < 1.29 is 13.9 Å². The summed E-state index contributed by atoms with van der Waals surface area (Å²) in [5.41, 5.74) is 10.4. The second-order valence-electron chi connectivity index (χ2n) is 7.45. The number of quaternary nitrogens is 1. The molecule has 1 aliphatic rings. The lowest BCUT2D eigenvalue weighted by molar-refractivity contribution is 0.241. The number of hydrogen-bond donors (Lipinski definition) is 1. The minimum atomic E-state index is -0.466. The van der Waals surface area contributed by atoms with Crippen molar-refractivity contribution in [3.05, 3.63) is 77.6 Å². The fourth-order valence-electron chi connectivity index (χ4n) is 3.62. The summed E-state index contributed by atoms with van der Waals surface area (Å²) in [5.74, 6) is 1.11. The summed E-state index contributed by atoms with van der Waals surface area (Å²) in [5, 5.41) is 0.349. The molecule has 0 saturated heterocycles. The Bertz CT molecular complexity index is 1110. The van der Waals surface area contributed by atoms with Crippen LogP contribution in [0.3, 0.4) is 0 Å². The maximum absolute atomic E-state index is 14.0. The molecule has 4 rings (SSSR count). The molecule has 0 radical (unpaired) electrons. The first-order chi connectivity index (χ1) is 13.8. The van der Waals surface area contributed by atoms with Gasteiger partial charge in [0, 0.05) is 29.9 Å². The molecule has 1 heterocycles. The first-order valence-corrected chi connectivity index (χ1v) is 9.61. The summed E-state index contributed by atoms with van der Waals surface area (Å²) in [4.78, 5) is 0. The molecular weight excluding hydrogens is 387 g/mol. The van der Waals surface area contributed by atoms with Gasteiger partial charge in [-0.3, -0.25) is 0 Å². The van der Waals surface area contributed by atoms with Gasteiger partial charge in [0.1, 0.15) is 29.1 Å². The van der Waals surface area contributed by atoms with Crippen LogP contribution in [0.4, 0.5) is 10.1 Å². The van der Waals surface area contributed by atoms with E-state index >= 15 is 0 Å². The van der Waals surface area contributed by atoms with Crippen molar-refractivity contribution in [1.29, 1.82) is 0 Å². The van der Waals surface area contributed by atoms with Gasteiger partial charge in [0.05, 0.1) is 26.8 Å². The van der Waals surface area contributed by atoms with Crippen LogP contribution >= 0.6 is 12.2 Å². The van der Waals surface area contributed by atoms with Crippen molar-refractivity contribution in [2.24, 2.45) is 5.73 Å². The largest absolute Gasteiger partial charge is 0.496 e. The summed E-state index contributed by atoms with van der Waals surface area (Å²) in [6, 6.07) is 18.2. The maximum Gasteiger partial charge on any atom is 0.272 e. The van der Waals surface area contributed by atoms with Crippen LogP contribution in [0, 0.1) is 5.82 Å². The zero-order chi connectivity index (χ0) is 20.8. The fourth-order valence-corrected chi connectivity index (χ4v) is 3.73. The van der Waals surface area contributed by atoms with Gasteiger partial charge in [0.15, 0.2) is 0 Å². The minimum absolute atomic E-state index is 0.247. The lowest BCUT2D eigenvalue weighted by Crippen LogP contribution is -2.50. The molecule has 0 bridgehead atoms. The van der Waals surface area contributed by atoms with E-state index in [9.17, 15) is 4.39 Å². The predicted octanol–water partition coefficient (Wildman–Crippen LogP) is 4.79. The minimum Gasteiger partial charge on any atom is -0.496 e. The smallest absolute Gasteiger partial charge is 0.272 e. The van der Waals surface area contributed by atoms with Crippen molar-refractivity contribution in [2.75, 3.05) is 21.2 Å². The molecule has 29 heavy (non-hydrogen) atoms. The molecular formula is C23H22FN2O2S+. The van der Waals surface area contributed by atoms with Gasteiger partial charge < -0.3 is 15.2 Å². The van der Waals surface area contributed by atoms with E-state index in [2.05, 4.69) is 0 Å². The second kappa shape index (κ2) is 7.13. The summed E-state index contributed by atoms with van der Waals surface area (Å²) in [7, 11) is 5.49. The second-order valence-corrected chi connectivity index (χ2v) is 7.87. The third kappa shape index (κ3) is 3.24. The van der Waals surface area contributed by atoms with E-state index in [0.717, 1.165) is 33.7 Å². The normalized spacial score (nSPS) is 15.1. The quantitative estimate of drug-likeness (QED) is 0.499. The first-order valence-electron chi connectivity index (χ1n) is 9.21. The van der Waals surface area contributed by atoms with Gasteiger partial charge in [-0.1, -0.05) is 18.2 Å². The van der Waals surface area contributed by atoms with Crippen molar-refractivity contribution in [1.82, 2.24) is 4.48 Å². The first kappa shape index (κ1) is 19.4. The topological polar surface area (TPSA) is 44.5 Å². The fraction of sp³-hybridized carbons (Fsp3) is 0.174. The molecule has 148 valence electrons. The number of nitrogens with zero attached hydrogens (tertiary/aromatic N) is 1. The van der Waals surface area contributed by atoms with E-state index in [-0.39, 0.29) is 10.3 Å². The third-order valence-electron chi connectivity index (χ3n) is 5.39. The molecule has 4 nitrogen and oxygen atoms in total. The molecule has 1 aliphatic heterocycles. The van der Waals surface area contributed by atoms with Crippen LogP contribution in [0.5, 0.6) is 11.5 Å². The van der Waals surface area contributed by atoms with Crippen molar-refractivity contribution in [3.63, 3.8) is 0 Å². The molecule has 0 amide bonds. The molecule has 3 aromatic carbocycles. The molecule has 1 atom stereocenters. The Morgan fingerprint density at radius 1 is 1.10 bits per heavy atom. The molecule has 0 aromatic heterocycles. The van der Waals surface area contributed by atoms with E-state index in [1.165, 1.54) is 12.1 Å². The van der Waals surface area contributed by atoms with Gasteiger partial charge in [-0.15, -0.1) is 0 Å². The SMILES string of the molecule is COc1cccc2c1-c1ccc([N+](C)(C)C(N)=S)cc1C(c1cccc(F)c1)O2. The monoisotopic (exact) mass is 409 g/mol. The predicted molar refractivity (Wildman–Crippen MR) is 118 cm³/mol. The molecule has 0 saturated carbocycles. The maximum atomic E-state index is 14.0. The van der Waals surface area contributed by atoms with Crippen LogP contribution in [0.15, 0.2) is 60.7 Å². The number of halogens is 1. The highest BCUT2D eigenvalue weighted by Gasteiger charge is 2.33. The number of rotatable bonds is 3. The van der Waals surface area contributed by atoms with Gasteiger partial charge >= 0.3 is 0 Å². The van der Waals surface area contributed by atoms with Gasteiger partial charge in [-0.25, -0.2) is 8.87 Å². The number of nitrogens with two attached hydrogens (primary N) is 1. The molecule has 1 unspecified atom stereocenters. The Morgan fingerprint density at radius 3 is 2.55 bits per heavy atom. The highest BCUT2D eigenvalue weighted by molar-refractivity contribution is 7.80. The van der Waals surface area contributed by atoms with Gasteiger partial charge in [-0.05, 0) is 41.5 Å². The molecule has 2 N–H and O–H groups in total. The van der Waals surface area contributed by atoms with Crippen LogP contribution in [-0.4, -0.2) is 26.3 Å². The Labute approximate surface area is 174 Å². The number of ether oxygens (including phenoxy) is 2. The number of benzene rings is 3. The molecule has 0 fully saturated rings. The number of hydrogen-bond acceptors (Lipinski definition) is 3. The standard InChI is InChI=1S/C23H21FN2O2S/c1-26(2,23(25)29)16-10-11-17-18(13-16)22(14-6-4-7-15(24)12-14)28-20-9-5-8-19(27-3)21(17)20/h4-13,22H,1-3H3,(H-,25,29)/p+1. The summed E-state index contributed by atoms with van der Waals surface area (Å²) in [6.07, 6.45) is -0.466. The van der Waals surface area contributed by atoms with Crippen LogP contribution < -0.4 is 19.7 Å². The average Bonchev–Trinajstić information content (AvgIpc) is 2.72. The Kier molecular flexibility index (Phi) is 4.76. The molecule has 3 aromatic rings. The van der Waals surface area contributed by atoms with Crippen molar-refractivity contribution in [3.8, 4) is 22.6 Å². The zero-order valence-corrected chi connectivity index (χ0v) is 17.3. The summed E-state index contributed by atoms with van der Waals surface area (Å²) < 4.78 is 26.2. The number of methoxy groups -OCH3 is 1. The number of fused-ring (bicyclic) bond motifs is 3. The van der Waals surface area contributed by atoms with E-state index in [1.54, 1.807) is 13.2 Å². The van der Waals surface area contributed by atoms with Crippen LogP contribution in [0.25, 0.3) is 11.1 Å². The van der Waals surface area contributed by atoms with Crippen molar-refractivity contribution in [2.45, 2.75) is 6.10 Å². The van der Waals surface area contributed by atoms with E-state index in [4.69, 9.17) is 27.4 Å². The average molecular weight is 410 g/mol. The number of thiocarbonyl (C=S) groups is 1. The molecule has 0 spiro atoms. The third-order valence-corrected chi connectivity index (χ3v) is 5.84. The Morgan fingerprint density at radius 2 is 1.86 bits per heavy atom. The van der Waals surface area contributed by atoms with Gasteiger partial charge in [0.2, 0.25) is 0 Å². The summed E-state index contributed by atoms with van der Waals surface area (Å²) >= 11 is 5.26. The van der Waals surface area contributed by atoms with Crippen LogP contribution in [0.1, 0.15) is 17.2 Å². The Hall–Kier alpha value is -2.96. The highest BCUT2D eigenvalue weighted by Crippen LogP contribution is 2.49. The summed E-state index contributed by atoms with van der Waals surface area (Å²) in [6.45, 7) is 0. The zero-order valence-electron chi connectivity index (χ0n) is 16.5. The Balaban J connectivity index is 1.98. The van der Waals surface area contributed by atoms with Gasteiger partial charge in [0.25, 0.3) is 5.11 Å². The van der Waals surface area contributed by atoms with Crippen LogP contribution in [-0.2, 0) is 0 Å². The van der Waals surface area contributed by atoms with Gasteiger partial charge in [-0.2, -0.15) is 0 Å². The molecule has 0 aliphatic carbocycles. The highest BCUT2D eigenvalue weighted by atomic mass is 32.1. The molecule has 6 heteroatoms. The van der Waals surface area contributed by atoms with Crippen molar-refractivity contribution >= 4 is 23.0 Å². The van der Waals surface area contributed by atoms with E-state index < -0.39 is 6.10 Å². The van der Waals surface area contributed by atoms with E-state index in [0.29, 0.717) is 10.9 Å².